The van der Waals surface area contributed by atoms with Gasteiger partial charge in [-0.3, -0.25) is 5.10 Å². The molecule has 0 amide bonds. The zero-order valence-electron chi connectivity index (χ0n) is 7.96. The second-order valence-electron chi connectivity index (χ2n) is 3.09. The normalized spacial score (nSPS) is 10.1. The summed E-state index contributed by atoms with van der Waals surface area (Å²) in [6.45, 7) is 0. The van der Waals surface area contributed by atoms with Crippen LogP contribution in [-0.4, -0.2) is 10.2 Å². The van der Waals surface area contributed by atoms with E-state index in [4.69, 9.17) is 34.2 Å². The van der Waals surface area contributed by atoms with Gasteiger partial charge in [-0.1, -0.05) is 23.2 Å². The summed E-state index contributed by atoms with van der Waals surface area (Å²) in [7, 11) is 0. The molecule has 0 aliphatic carbocycles. The van der Waals surface area contributed by atoms with Crippen LogP contribution in [0.3, 0.4) is 0 Å². The molecule has 1 heterocycles. The first-order valence-corrected chi connectivity index (χ1v) is 5.08. The predicted octanol–water partition coefficient (Wildman–Crippen LogP) is 2.84. The number of nitrogens with two attached hydrogens (primary N) is 1. The molecule has 0 bridgehead atoms. The number of nitrogens with one attached hydrogen (secondary N) is 1. The van der Waals surface area contributed by atoms with Crippen LogP contribution in [0.2, 0.25) is 10.0 Å². The number of nitrogens with zero attached hydrogens (tertiary/aromatic N) is 2. The Hall–Kier alpha value is -1.70. The van der Waals surface area contributed by atoms with Crippen LogP contribution in [0.15, 0.2) is 18.2 Å². The van der Waals surface area contributed by atoms with Crippen molar-refractivity contribution in [1.82, 2.24) is 10.2 Å². The van der Waals surface area contributed by atoms with Crippen LogP contribution < -0.4 is 5.73 Å². The van der Waals surface area contributed by atoms with Crippen LogP contribution in [0.25, 0.3) is 11.3 Å². The van der Waals surface area contributed by atoms with E-state index < -0.39 is 0 Å². The summed E-state index contributed by atoms with van der Waals surface area (Å²) in [6, 6.07) is 6.96. The number of benzene rings is 1. The average Bonchev–Trinajstić information content (AvgIpc) is 2.59. The van der Waals surface area contributed by atoms with Crippen molar-refractivity contribution < 1.29 is 0 Å². The summed E-state index contributed by atoms with van der Waals surface area (Å²) in [6.07, 6.45) is 0. The second-order valence-corrected chi connectivity index (χ2v) is 3.94. The van der Waals surface area contributed by atoms with Crippen LogP contribution in [0.1, 0.15) is 5.56 Å². The fraction of sp³-hybridized carbons (Fsp3) is 0. The third-order valence-corrected chi connectivity index (χ3v) is 2.65. The van der Waals surface area contributed by atoms with E-state index in [2.05, 4.69) is 10.2 Å². The first kappa shape index (κ1) is 10.8. The minimum absolute atomic E-state index is 0.156. The van der Waals surface area contributed by atoms with Crippen LogP contribution in [0, 0.1) is 11.3 Å². The number of nitriles is 1. The molecular formula is C10H6Cl2N4. The molecule has 0 fully saturated rings. The molecule has 2 rings (SSSR count). The van der Waals surface area contributed by atoms with Crippen LogP contribution in [0.5, 0.6) is 0 Å². The lowest BCUT2D eigenvalue weighted by Gasteiger charge is -2.02. The average molecular weight is 253 g/mol. The molecule has 0 unspecified atom stereocenters. The van der Waals surface area contributed by atoms with Crippen molar-refractivity contribution >= 4 is 29.0 Å². The van der Waals surface area contributed by atoms with Gasteiger partial charge in [-0.2, -0.15) is 10.4 Å². The summed E-state index contributed by atoms with van der Waals surface area (Å²) >= 11 is 11.8. The van der Waals surface area contributed by atoms with Gasteiger partial charge in [0.05, 0.1) is 10.7 Å². The largest absolute Gasteiger partial charge is 0.381 e. The maximum atomic E-state index is 8.94. The van der Waals surface area contributed by atoms with Crippen LogP contribution in [0.4, 0.5) is 5.82 Å². The first-order chi connectivity index (χ1) is 7.63. The molecule has 80 valence electrons. The highest BCUT2D eigenvalue weighted by atomic mass is 35.5. The minimum Gasteiger partial charge on any atom is -0.381 e. The number of halogens is 2. The molecule has 0 atom stereocenters. The van der Waals surface area contributed by atoms with Crippen molar-refractivity contribution in [2.45, 2.75) is 0 Å². The van der Waals surface area contributed by atoms with E-state index in [0.717, 1.165) is 0 Å². The Kier molecular flexibility index (Phi) is 2.73. The highest BCUT2D eigenvalue weighted by Gasteiger charge is 2.14. The number of aromatic nitrogens is 2. The maximum absolute atomic E-state index is 8.94. The maximum Gasteiger partial charge on any atom is 0.163 e. The Labute approximate surface area is 102 Å². The van der Waals surface area contributed by atoms with Gasteiger partial charge in [0.25, 0.3) is 0 Å². The van der Waals surface area contributed by atoms with Crippen molar-refractivity contribution in [1.29, 1.82) is 5.26 Å². The third kappa shape index (κ3) is 1.71. The number of hydrogen-bond acceptors (Lipinski definition) is 3. The second kappa shape index (κ2) is 4.05. The molecule has 0 saturated heterocycles. The van der Waals surface area contributed by atoms with Gasteiger partial charge in [-0.15, -0.1) is 0 Å². The quantitative estimate of drug-likeness (QED) is 0.820. The molecule has 3 N–H and O–H groups in total. The van der Waals surface area contributed by atoms with E-state index in [1.807, 2.05) is 6.07 Å². The summed E-state index contributed by atoms with van der Waals surface area (Å²) in [5.41, 5.74) is 6.96. The fourth-order valence-electron chi connectivity index (χ4n) is 1.36. The van der Waals surface area contributed by atoms with Gasteiger partial charge >= 0.3 is 0 Å². The minimum atomic E-state index is 0.156. The number of rotatable bonds is 1. The van der Waals surface area contributed by atoms with Gasteiger partial charge in [0, 0.05) is 10.6 Å². The van der Waals surface area contributed by atoms with Crippen LogP contribution in [-0.2, 0) is 0 Å². The van der Waals surface area contributed by atoms with E-state index in [9.17, 15) is 0 Å². The van der Waals surface area contributed by atoms with E-state index in [-0.39, 0.29) is 11.4 Å². The molecule has 0 aliphatic rings. The Bertz CT molecular complexity index is 583. The molecule has 0 saturated carbocycles. The number of anilines is 1. The number of H-pyrrole nitrogens is 1. The zero-order valence-corrected chi connectivity index (χ0v) is 9.47. The van der Waals surface area contributed by atoms with Gasteiger partial charge in [0.2, 0.25) is 0 Å². The van der Waals surface area contributed by atoms with E-state index in [1.54, 1.807) is 18.2 Å². The predicted molar refractivity (Wildman–Crippen MR) is 63.2 cm³/mol. The Morgan fingerprint density at radius 1 is 1.38 bits per heavy atom. The Morgan fingerprint density at radius 2 is 2.12 bits per heavy atom. The number of hydrogen-bond donors (Lipinski definition) is 2. The molecule has 0 aliphatic heterocycles. The summed E-state index contributed by atoms with van der Waals surface area (Å²) < 4.78 is 0. The molecule has 16 heavy (non-hydrogen) atoms. The molecule has 4 nitrogen and oxygen atoms in total. The smallest absolute Gasteiger partial charge is 0.163 e. The molecule has 1 aromatic heterocycles. The highest BCUT2D eigenvalue weighted by Crippen LogP contribution is 2.32. The first-order valence-electron chi connectivity index (χ1n) is 4.33. The lowest BCUT2D eigenvalue weighted by atomic mass is 10.1. The van der Waals surface area contributed by atoms with Gasteiger partial charge in [0.1, 0.15) is 11.6 Å². The fourth-order valence-corrected chi connectivity index (χ4v) is 1.86. The topological polar surface area (TPSA) is 78.5 Å². The van der Waals surface area contributed by atoms with Gasteiger partial charge in [-0.05, 0) is 18.2 Å². The Balaban J connectivity index is 2.64. The molecule has 0 spiro atoms. The van der Waals surface area contributed by atoms with Gasteiger partial charge in [0.15, 0.2) is 5.82 Å². The van der Waals surface area contributed by atoms with Gasteiger partial charge < -0.3 is 5.73 Å². The van der Waals surface area contributed by atoms with Crippen LogP contribution >= 0.6 is 23.2 Å². The summed E-state index contributed by atoms with van der Waals surface area (Å²) in [5, 5.41) is 16.3. The lowest BCUT2D eigenvalue weighted by Crippen LogP contribution is -1.88. The molecular weight excluding hydrogens is 247 g/mol. The highest BCUT2D eigenvalue weighted by molar-refractivity contribution is 6.36. The third-order valence-electron chi connectivity index (χ3n) is 2.11. The van der Waals surface area contributed by atoms with Crippen molar-refractivity contribution in [2.24, 2.45) is 0 Å². The summed E-state index contributed by atoms with van der Waals surface area (Å²) in [5.74, 6) is 0.156. The molecule has 2 aromatic rings. The Morgan fingerprint density at radius 3 is 2.75 bits per heavy atom. The van der Waals surface area contributed by atoms with Crippen molar-refractivity contribution in [3.8, 4) is 17.3 Å². The lowest BCUT2D eigenvalue weighted by molar-refractivity contribution is 1.10. The van der Waals surface area contributed by atoms with E-state index >= 15 is 0 Å². The van der Waals surface area contributed by atoms with E-state index in [1.165, 1.54) is 0 Å². The molecule has 0 radical (unpaired) electrons. The zero-order chi connectivity index (χ0) is 11.7. The molecule has 1 aromatic carbocycles. The monoisotopic (exact) mass is 252 g/mol. The van der Waals surface area contributed by atoms with Gasteiger partial charge in [-0.25, -0.2) is 0 Å². The molecule has 6 heteroatoms. The SMILES string of the molecule is N#Cc1c(N)n[nH]c1-c1ccc(Cl)cc1Cl. The number of aromatic amines is 1. The summed E-state index contributed by atoms with van der Waals surface area (Å²) in [4.78, 5) is 0. The number of nitrogen functional groups attached to an aromatic ring is 1. The van der Waals surface area contributed by atoms with Crippen molar-refractivity contribution in [3.63, 3.8) is 0 Å². The van der Waals surface area contributed by atoms with Crippen molar-refractivity contribution in [2.75, 3.05) is 5.73 Å². The van der Waals surface area contributed by atoms with Crippen molar-refractivity contribution in [3.05, 3.63) is 33.8 Å². The van der Waals surface area contributed by atoms with E-state index in [0.29, 0.717) is 21.3 Å². The standard InChI is InChI=1S/C10H6Cl2N4/c11-5-1-2-6(8(12)3-5)9-7(4-13)10(14)16-15-9/h1-3H,(H3,14,15,16).